The number of rotatable bonds is 4. The van der Waals surface area contributed by atoms with E-state index in [1.54, 1.807) is 0 Å². The van der Waals surface area contributed by atoms with Gasteiger partial charge >= 0.3 is 0 Å². The Kier molecular flexibility index (Phi) is 5.18. The Morgan fingerprint density at radius 2 is 2.14 bits per heavy atom. The third kappa shape index (κ3) is 4.35. The van der Waals surface area contributed by atoms with E-state index in [0.29, 0.717) is 5.92 Å². The molecule has 3 nitrogen and oxygen atoms in total. The van der Waals surface area contributed by atoms with Gasteiger partial charge in [-0.1, -0.05) is 17.7 Å². The highest BCUT2D eigenvalue weighted by molar-refractivity contribution is 6.31. The second kappa shape index (κ2) is 6.55. The van der Waals surface area contributed by atoms with Crippen molar-refractivity contribution in [1.82, 2.24) is 5.32 Å². The number of hydrogen-bond acceptors (Lipinski definition) is 3. The summed E-state index contributed by atoms with van der Waals surface area (Å²) in [7, 11) is 0. The number of benzene rings is 1. The van der Waals surface area contributed by atoms with Gasteiger partial charge < -0.3 is 15.3 Å². The monoisotopic (exact) mass is 310 g/mol. The summed E-state index contributed by atoms with van der Waals surface area (Å²) in [5, 5.41) is 14.1. The average Bonchev–Trinajstić information content (AvgIpc) is 2.85. The Hall–Kier alpha value is -0.770. The third-order valence-corrected chi connectivity index (χ3v) is 4.49. The molecule has 1 aromatic rings. The van der Waals surface area contributed by atoms with Crippen LogP contribution in [0.4, 0.5) is 5.69 Å². The van der Waals surface area contributed by atoms with Gasteiger partial charge in [-0.05, 0) is 46.2 Å². The van der Waals surface area contributed by atoms with Gasteiger partial charge in [0.15, 0.2) is 0 Å². The van der Waals surface area contributed by atoms with Crippen LogP contribution in [0.25, 0.3) is 0 Å². The Balaban J connectivity index is 2.18. The molecule has 1 heterocycles. The molecule has 0 radical (unpaired) electrons. The van der Waals surface area contributed by atoms with Crippen LogP contribution in [0.15, 0.2) is 18.2 Å². The van der Waals surface area contributed by atoms with Crippen LogP contribution in [0, 0.1) is 5.92 Å². The molecule has 1 fully saturated rings. The molecule has 1 aliphatic rings. The van der Waals surface area contributed by atoms with Gasteiger partial charge in [0.2, 0.25) is 0 Å². The molecular formula is C17H27ClN2O. The summed E-state index contributed by atoms with van der Waals surface area (Å²) in [6.07, 6.45) is 0.793. The number of aliphatic hydroxyl groups excluding tert-OH is 1. The molecule has 2 rings (SSSR count). The van der Waals surface area contributed by atoms with Crippen LogP contribution in [0.3, 0.4) is 0 Å². The molecule has 0 saturated carbocycles. The molecule has 2 atom stereocenters. The Morgan fingerprint density at radius 3 is 2.71 bits per heavy atom. The van der Waals surface area contributed by atoms with E-state index in [1.165, 1.54) is 5.69 Å². The number of aliphatic hydroxyl groups is 1. The van der Waals surface area contributed by atoms with Gasteiger partial charge in [-0.3, -0.25) is 0 Å². The highest BCUT2D eigenvalue weighted by Gasteiger charge is 2.27. The number of halogens is 1. The highest BCUT2D eigenvalue weighted by Crippen LogP contribution is 2.32. The topological polar surface area (TPSA) is 35.5 Å². The number of nitrogens with one attached hydrogen (secondary N) is 1. The van der Waals surface area contributed by atoms with Gasteiger partial charge in [0.05, 0.1) is 6.10 Å². The van der Waals surface area contributed by atoms with Crippen molar-refractivity contribution in [1.29, 1.82) is 0 Å². The van der Waals surface area contributed by atoms with Gasteiger partial charge in [-0.25, -0.2) is 0 Å². The molecule has 118 valence electrons. The van der Waals surface area contributed by atoms with E-state index in [9.17, 15) is 5.11 Å². The average molecular weight is 311 g/mol. The molecule has 0 bridgehead atoms. The van der Waals surface area contributed by atoms with E-state index < -0.39 is 0 Å². The second-order valence-electron chi connectivity index (χ2n) is 7.08. The summed E-state index contributed by atoms with van der Waals surface area (Å²) < 4.78 is 0. The lowest BCUT2D eigenvalue weighted by molar-refractivity contribution is 0.136. The SMILES string of the molecule is CC(O)C1CCN(c2cccc(Cl)c2CNC(C)(C)C)C1. The molecule has 1 aromatic carbocycles. The highest BCUT2D eigenvalue weighted by atomic mass is 35.5. The molecule has 4 heteroatoms. The first kappa shape index (κ1) is 16.6. The molecule has 1 aliphatic heterocycles. The maximum absolute atomic E-state index is 9.79. The lowest BCUT2D eigenvalue weighted by Crippen LogP contribution is -2.35. The molecule has 2 N–H and O–H groups in total. The minimum Gasteiger partial charge on any atom is -0.393 e. The smallest absolute Gasteiger partial charge is 0.0557 e. The van der Waals surface area contributed by atoms with Crippen molar-refractivity contribution in [3.8, 4) is 0 Å². The van der Waals surface area contributed by atoms with Gasteiger partial charge in [0.1, 0.15) is 0 Å². The van der Waals surface area contributed by atoms with Crippen molar-refractivity contribution < 1.29 is 5.11 Å². The molecule has 2 unspecified atom stereocenters. The van der Waals surface area contributed by atoms with Crippen molar-refractivity contribution in [2.75, 3.05) is 18.0 Å². The van der Waals surface area contributed by atoms with Crippen LogP contribution in [-0.2, 0) is 6.54 Å². The molecule has 0 aliphatic carbocycles. The zero-order chi connectivity index (χ0) is 15.6. The normalized spacial score (nSPS) is 20.9. The van der Waals surface area contributed by atoms with Crippen LogP contribution in [-0.4, -0.2) is 29.8 Å². The van der Waals surface area contributed by atoms with Crippen molar-refractivity contribution in [3.63, 3.8) is 0 Å². The lowest BCUT2D eigenvalue weighted by Gasteiger charge is -2.26. The summed E-state index contributed by atoms with van der Waals surface area (Å²) in [6, 6.07) is 6.09. The molecular weight excluding hydrogens is 284 g/mol. The number of hydrogen-bond donors (Lipinski definition) is 2. The van der Waals surface area contributed by atoms with E-state index in [0.717, 1.165) is 36.6 Å². The van der Waals surface area contributed by atoms with E-state index in [4.69, 9.17) is 11.6 Å². The molecule has 0 amide bonds. The van der Waals surface area contributed by atoms with Gasteiger partial charge in [0.25, 0.3) is 0 Å². The van der Waals surface area contributed by atoms with Gasteiger partial charge in [-0.2, -0.15) is 0 Å². The lowest BCUT2D eigenvalue weighted by atomic mass is 10.0. The predicted molar refractivity (Wildman–Crippen MR) is 90.0 cm³/mol. The first-order valence-corrected chi connectivity index (χ1v) is 8.11. The van der Waals surface area contributed by atoms with Gasteiger partial charge in [0, 0.05) is 47.4 Å². The number of anilines is 1. The molecule has 0 aromatic heterocycles. The van der Waals surface area contributed by atoms with Crippen molar-refractivity contribution in [3.05, 3.63) is 28.8 Å². The van der Waals surface area contributed by atoms with Crippen molar-refractivity contribution in [2.45, 2.75) is 52.3 Å². The maximum atomic E-state index is 9.79. The van der Waals surface area contributed by atoms with Gasteiger partial charge in [-0.15, -0.1) is 0 Å². The quantitative estimate of drug-likeness (QED) is 0.894. The van der Waals surface area contributed by atoms with Crippen molar-refractivity contribution in [2.24, 2.45) is 5.92 Å². The predicted octanol–water partition coefficient (Wildman–Crippen LogP) is 3.44. The van der Waals surface area contributed by atoms with E-state index in [2.05, 4.69) is 37.1 Å². The van der Waals surface area contributed by atoms with Crippen molar-refractivity contribution >= 4 is 17.3 Å². The number of nitrogens with zero attached hydrogens (tertiary/aromatic N) is 1. The summed E-state index contributed by atoms with van der Waals surface area (Å²) in [6.45, 7) is 11.0. The minimum absolute atomic E-state index is 0.0591. The Labute approximate surface area is 133 Å². The first-order valence-electron chi connectivity index (χ1n) is 7.73. The Bertz CT molecular complexity index is 482. The Morgan fingerprint density at radius 1 is 1.43 bits per heavy atom. The zero-order valence-electron chi connectivity index (χ0n) is 13.5. The molecule has 0 spiro atoms. The molecule has 21 heavy (non-hydrogen) atoms. The fraction of sp³-hybridized carbons (Fsp3) is 0.647. The van der Waals surface area contributed by atoms with Crippen LogP contribution in [0.5, 0.6) is 0 Å². The van der Waals surface area contributed by atoms with Crippen LogP contribution >= 0.6 is 11.6 Å². The van der Waals surface area contributed by atoms with Crippen LogP contribution in [0.1, 0.15) is 39.7 Å². The summed E-state index contributed by atoms with van der Waals surface area (Å²) >= 11 is 6.42. The third-order valence-electron chi connectivity index (χ3n) is 4.14. The minimum atomic E-state index is -0.245. The van der Waals surface area contributed by atoms with E-state index in [-0.39, 0.29) is 11.6 Å². The summed E-state index contributed by atoms with van der Waals surface area (Å²) in [4.78, 5) is 2.35. The summed E-state index contributed by atoms with van der Waals surface area (Å²) in [5.41, 5.74) is 2.41. The largest absolute Gasteiger partial charge is 0.393 e. The standard InChI is InChI=1S/C17H27ClN2O/c1-12(21)13-8-9-20(11-13)16-7-5-6-15(18)14(16)10-19-17(2,3)4/h5-7,12-13,19,21H,8-11H2,1-4H3. The maximum Gasteiger partial charge on any atom is 0.0557 e. The van der Waals surface area contributed by atoms with Crippen LogP contribution < -0.4 is 10.2 Å². The fourth-order valence-electron chi connectivity index (χ4n) is 2.77. The molecule has 1 saturated heterocycles. The summed E-state index contributed by atoms with van der Waals surface area (Å²) in [5.74, 6) is 0.354. The van der Waals surface area contributed by atoms with E-state index >= 15 is 0 Å². The second-order valence-corrected chi connectivity index (χ2v) is 7.48. The first-order chi connectivity index (χ1) is 9.78. The fourth-order valence-corrected chi connectivity index (χ4v) is 3.01. The zero-order valence-corrected chi connectivity index (χ0v) is 14.2. The van der Waals surface area contributed by atoms with Crippen LogP contribution in [0.2, 0.25) is 5.02 Å². The van der Waals surface area contributed by atoms with E-state index in [1.807, 2.05) is 19.1 Å².